The van der Waals surface area contributed by atoms with E-state index < -0.39 is 23.6 Å². The molecular weight excluding hydrogens is 330 g/mol. The van der Waals surface area contributed by atoms with Crippen molar-refractivity contribution in [3.63, 3.8) is 0 Å². The van der Waals surface area contributed by atoms with E-state index in [0.29, 0.717) is 24.4 Å². The van der Waals surface area contributed by atoms with E-state index in [2.05, 4.69) is 15.1 Å². The van der Waals surface area contributed by atoms with E-state index in [9.17, 15) is 13.6 Å². The fraction of sp³-hybridized carbons (Fsp3) is 0.176. The Morgan fingerprint density at radius 2 is 2.04 bits per heavy atom. The van der Waals surface area contributed by atoms with Crippen molar-refractivity contribution >= 4 is 5.91 Å². The number of nitrogens with zero attached hydrogens (tertiary/aromatic N) is 4. The molecule has 6 nitrogen and oxygen atoms in total. The third-order valence-electron chi connectivity index (χ3n) is 4.04. The molecule has 0 N–H and O–H groups in total. The maximum Gasteiger partial charge on any atom is 0.254 e. The molecule has 1 atom stereocenters. The molecule has 0 saturated carbocycles. The molecule has 0 spiro atoms. The summed E-state index contributed by atoms with van der Waals surface area (Å²) in [6, 6.07) is 5.88. The molecule has 2 aromatic heterocycles. The van der Waals surface area contributed by atoms with Gasteiger partial charge in [-0.25, -0.2) is 8.78 Å². The van der Waals surface area contributed by atoms with Crippen LogP contribution in [0.2, 0.25) is 0 Å². The Bertz CT molecular complexity index is 909. The second-order valence-corrected chi connectivity index (χ2v) is 5.66. The van der Waals surface area contributed by atoms with Gasteiger partial charge in [0.25, 0.3) is 5.91 Å². The number of hydrogen-bond donors (Lipinski definition) is 0. The Hall–Kier alpha value is -3.16. The van der Waals surface area contributed by atoms with Crippen LogP contribution in [0, 0.1) is 11.6 Å². The van der Waals surface area contributed by atoms with Crippen LogP contribution in [0.5, 0.6) is 0 Å². The summed E-state index contributed by atoms with van der Waals surface area (Å²) in [5.41, 5.74) is 0.649. The smallest absolute Gasteiger partial charge is 0.254 e. The molecule has 0 radical (unpaired) electrons. The second-order valence-electron chi connectivity index (χ2n) is 5.66. The van der Waals surface area contributed by atoms with Crippen LogP contribution in [-0.2, 0) is 0 Å². The van der Waals surface area contributed by atoms with Gasteiger partial charge in [0.1, 0.15) is 17.7 Å². The van der Waals surface area contributed by atoms with Crippen molar-refractivity contribution in [2.45, 2.75) is 12.5 Å². The predicted octanol–water partition coefficient (Wildman–Crippen LogP) is 3.00. The van der Waals surface area contributed by atoms with Crippen molar-refractivity contribution < 1.29 is 18.1 Å². The van der Waals surface area contributed by atoms with Gasteiger partial charge in [-0.15, -0.1) is 0 Å². The van der Waals surface area contributed by atoms with Crippen LogP contribution in [-0.4, -0.2) is 32.5 Å². The first-order valence-corrected chi connectivity index (χ1v) is 7.63. The largest absolute Gasteiger partial charge is 0.337 e. The van der Waals surface area contributed by atoms with Gasteiger partial charge >= 0.3 is 0 Å². The molecule has 0 unspecified atom stereocenters. The number of rotatable bonds is 3. The molecule has 126 valence electrons. The van der Waals surface area contributed by atoms with E-state index in [1.165, 1.54) is 4.90 Å². The lowest BCUT2D eigenvalue weighted by Gasteiger charge is -2.38. The summed E-state index contributed by atoms with van der Waals surface area (Å²) in [4.78, 5) is 22.2. The quantitative estimate of drug-likeness (QED) is 0.732. The number of carbonyl (C=O) groups excluding carboxylic acids is 1. The van der Waals surface area contributed by atoms with Crippen molar-refractivity contribution in [2.24, 2.45) is 0 Å². The van der Waals surface area contributed by atoms with Crippen LogP contribution in [0.4, 0.5) is 8.78 Å². The average molecular weight is 342 g/mol. The molecule has 4 rings (SSSR count). The number of hydrogen-bond acceptors (Lipinski definition) is 5. The van der Waals surface area contributed by atoms with Gasteiger partial charge in [0.2, 0.25) is 11.7 Å². The van der Waals surface area contributed by atoms with Crippen LogP contribution in [0.1, 0.15) is 28.7 Å². The number of aromatic nitrogens is 3. The molecule has 1 aliphatic heterocycles. The summed E-state index contributed by atoms with van der Waals surface area (Å²) >= 11 is 0. The van der Waals surface area contributed by atoms with Gasteiger partial charge in [0, 0.05) is 36.1 Å². The molecule has 8 heteroatoms. The molecule has 1 saturated heterocycles. The van der Waals surface area contributed by atoms with Gasteiger partial charge in [-0.1, -0.05) is 5.16 Å². The minimum absolute atomic E-state index is 0.0470. The lowest BCUT2D eigenvalue weighted by molar-refractivity contribution is 0.0378. The Morgan fingerprint density at radius 3 is 2.68 bits per heavy atom. The van der Waals surface area contributed by atoms with Crippen LogP contribution < -0.4 is 0 Å². The summed E-state index contributed by atoms with van der Waals surface area (Å²) in [5.74, 6) is -1.40. The molecule has 3 heterocycles. The topological polar surface area (TPSA) is 72.1 Å². The minimum atomic E-state index is -0.794. The van der Waals surface area contributed by atoms with Crippen LogP contribution in [0.25, 0.3) is 11.4 Å². The van der Waals surface area contributed by atoms with E-state index >= 15 is 0 Å². The van der Waals surface area contributed by atoms with Crippen molar-refractivity contribution in [3.05, 3.63) is 65.8 Å². The Morgan fingerprint density at radius 1 is 1.24 bits per heavy atom. The number of benzene rings is 1. The maximum absolute atomic E-state index is 13.3. The second kappa shape index (κ2) is 6.04. The zero-order chi connectivity index (χ0) is 17.4. The highest BCUT2D eigenvalue weighted by molar-refractivity contribution is 5.95. The molecule has 1 aliphatic rings. The molecule has 1 amide bonds. The number of likely N-dealkylation sites (tertiary alicyclic amines) is 1. The lowest BCUT2D eigenvalue weighted by atomic mass is 10.0. The van der Waals surface area contributed by atoms with E-state index in [1.54, 1.807) is 24.5 Å². The zero-order valence-electron chi connectivity index (χ0n) is 12.9. The number of pyridine rings is 1. The molecule has 25 heavy (non-hydrogen) atoms. The van der Waals surface area contributed by atoms with Gasteiger partial charge < -0.3 is 9.42 Å². The maximum atomic E-state index is 13.3. The third-order valence-corrected chi connectivity index (χ3v) is 4.04. The number of halogens is 2. The summed E-state index contributed by atoms with van der Waals surface area (Å²) in [6.07, 6.45) is 3.88. The SMILES string of the molecule is O=C(c1cc(F)cc(F)c1)N1CC[C@@H]1c1nc(-c2cccnc2)no1. The highest BCUT2D eigenvalue weighted by Gasteiger charge is 2.38. The number of carbonyl (C=O) groups is 1. The van der Waals surface area contributed by atoms with E-state index in [1.807, 2.05) is 0 Å². The predicted molar refractivity (Wildman–Crippen MR) is 82.3 cm³/mol. The monoisotopic (exact) mass is 342 g/mol. The summed E-state index contributed by atoms with van der Waals surface area (Å²) in [7, 11) is 0. The third kappa shape index (κ3) is 2.86. The van der Waals surface area contributed by atoms with Gasteiger partial charge in [-0.3, -0.25) is 9.78 Å². The van der Waals surface area contributed by atoms with Gasteiger partial charge in [0.05, 0.1) is 0 Å². The van der Waals surface area contributed by atoms with Crippen molar-refractivity contribution in [1.29, 1.82) is 0 Å². The fourth-order valence-corrected chi connectivity index (χ4v) is 2.71. The first-order chi connectivity index (χ1) is 12.1. The lowest BCUT2D eigenvalue weighted by Crippen LogP contribution is -2.45. The van der Waals surface area contributed by atoms with Crippen LogP contribution in [0.15, 0.2) is 47.2 Å². The summed E-state index contributed by atoms with van der Waals surface area (Å²) in [6.45, 7) is 0.451. The van der Waals surface area contributed by atoms with Crippen molar-refractivity contribution in [1.82, 2.24) is 20.0 Å². The van der Waals surface area contributed by atoms with Crippen LogP contribution in [0.3, 0.4) is 0 Å². The van der Waals surface area contributed by atoms with Gasteiger partial charge in [-0.2, -0.15) is 4.98 Å². The van der Waals surface area contributed by atoms with Gasteiger partial charge in [0.15, 0.2) is 0 Å². The Kier molecular flexibility index (Phi) is 3.72. The molecule has 1 aromatic carbocycles. The summed E-state index contributed by atoms with van der Waals surface area (Å²) < 4.78 is 31.9. The van der Waals surface area contributed by atoms with E-state index in [4.69, 9.17) is 4.52 Å². The minimum Gasteiger partial charge on any atom is -0.337 e. The number of amides is 1. The van der Waals surface area contributed by atoms with Crippen molar-refractivity contribution in [2.75, 3.05) is 6.54 Å². The zero-order valence-corrected chi connectivity index (χ0v) is 12.9. The van der Waals surface area contributed by atoms with Gasteiger partial charge in [-0.05, 0) is 30.7 Å². The van der Waals surface area contributed by atoms with Crippen LogP contribution >= 0.6 is 0 Å². The highest BCUT2D eigenvalue weighted by Crippen LogP contribution is 2.34. The van der Waals surface area contributed by atoms with E-state index in [-0.39, 0.29) is 11.5 Å². The normalized spacial score (nSPS) is 16.6. The van der Waals surface area contributed by atoms with Crippen molar-refractivity contribution in [3.8, 4) is 11.4 Å². The molecular formula is C17H12F2N4O2. The average Bonchev–Trinajstić information content (AvgIpc) is 3.03. The highest BCUT2D eigenvalue weighted by atomic mass is 19.1. The molecule has 1 fully saturated rings. The molecule has 0 aliphatic carbocycles. The first-order valence-electron chi connectivity index (χ1n) is 7.63. The first kappa shape index (κ1) is 15.4. The fourth-order valence-electron chi connectivity index (χ4n) is 2.71. The standard InChI is InChI=1S/C17H12F2N4O2/c18-12-6-11(7-13(19)8-12)17(24)23-5-3-14(23)16-21-15(22-25-16)10-2-1-4-20-9-10/h1-2,4,6-9,14H,3,5H2/t14-/m1/s1. The Labute approximate surface area is 141 Å². The summed E-state index contributed by atoms with van der Waals surface area (Å²) in [5, 5.41) is 3.90. The molecule has 0 bridgehead atoms. The van der Waals surface area contributed by atoms with E-state index in [0.717, 1.165) is 18.2 Å². The molecule has 3 aromatic rings. The Balaban J connectivity index is 1.56.